The van der Waals surface area contributed by atoms with E-state index in [-0.39, 0.29) is 0 Å². The lowest BCUT2D eigenvalue weighted by atomic mass is 10.0. The van der Waals surface area contributed by atoms with E-state index < -0.39 is 0 Å². The first-order valence-electron chi connectivity index (χ1n) is 8.41. The first-order chi connectivity index (χ1) is 12.3. The van der Waals surface area contributed by atoms with E-state index in [1.807, 2.05) is 30.3 Å². The van der Waals surface area contributed by atoms with E-state index in [2.05, 4.69) is 42.5 Å². The summed E-state index contributed by atoms with van der Waals surface area (Å²) in [6.45, 7) is 0.993. The van der Waals surface area contributed by atoms with Crippen LogP contribution in [0.5, 0.6) is 5.75 Å². The molecule has 0 heterocycles. The Balaban J connectivity index is 1.89. The Hall–Kier alpha value is -3.04. The zero-order chi connectivity index (χ0) is 17.2. The molecule has 0 aliphatic heterocycles. The molecule has 1 aliphatic carbocycles. The molecule has 3 heteroatoms. The average molecular weight is 328 g/mol. The molecular weight excluding hydrogens is 308 g/mol. The molecule has 4 N–H and O–H groups in total. The lowest BCUT2D eigenvalue weighted by molar-refractivity contribution is 0.327. The van der Waals surface area contributed by atoms with Gasteiger partial charge in [-0.1, -0.05) is 48.5 Å². The van der Waals surface area contributed by atoms with E-state index in [0.717, 1.165) is 22.6 Å². The number of anilines is 1. The van der Waals surface area contributed by atoms with E-state index in [9.17, 15) is 0 Å². The van der Waals surface area contributed by atoms with Gasteiger partial charge in [0.1, 0.15) is 12.4 Å². The Labute approximate surface area is 147 Å². The molecule has 0 radical (unpaired) electrons. The van der Waals surface area contributed by atoms with Gasteiger partial charge in [-0.15, -0.1) is 0 Å². The van der Waals surface area contributed by atoms with Crippen LogP contribution in [0.3, 0.4) is 0 Å². The van der Waals surface area contributed by atoms with Crippen molar-refractivity contribution >= 4 is 17.3 Å². The molecule has 0 atom stereocenters. The summed E-state index contributed by atoms with van der Waals surface area (Å²) in [6, 6.07) is 22.6. The molecule has 0 bridgehead atoms. The van der Waals surface area contributed by atoms with Crippen molar-refractivity contribution in [3.63, 3.8) is 0 Å². The third-order valence-corrected chi connectivity index (χ3v) is 4.44. The zero-order valence-corrected chi connectivity index (χ0v) is 13.9. The zero-order valence-electron chi connectivity index (χ0n) is 13.9. The number of nitrogens with two attached hydrogens (primary N) is 2. The van der Waals surface area contributed by atoms with Gasteiger partial charge in [-0.3, -0.25) is 0 Å². The maximum atomic E-state index is 6.05. The van der Waals surface area contributed by atoms with Gasteiger partial charge in [0.25, 0.3) is 0 Å². The standard InChI is InChI=1S/C22H20N2O/c23-11-12-25-22-8-4-1-5-15(22)13-20-18-7-3-2-6-17(18)19-10-9-16(24)14-21(19)20/h1-10,13-14H,11-12,23-24H2. The first-order valence-corrected chi connectivity index (χ1v) is 8.41. The molecule has 124 valence electrons. The van der Waals surface area contributed by atoms with Gasteiger partial charge in [-0.25, -0.2) is 0 Å². The fraction of sp³-hybridized carbons (Fsp3) is 0.0909. The molecule has 1 aliphatic rings. The maximum Gasteiger partial charge on any atom is 0.126 e. The number of nitrogen functional groups attached to an aromatic ring is 1. The summed E-state index contributed by atoms with van der Waals surface area (Å²) in [5.41, 5.74) is 19.4. The van der Waals surface area contributed by atoms with E-state index in [4.69, 9.17) is 16.2 Å². The van der Waals surface area contributed by atoms with Crippen LogP contribution in [-0.2, 0) is 0 Å². The van der Waals surface area contributed by atoms with Crippen molar-refractivity contribution in [1.82, 2.24) is 0 Å². The minimum Gasteiger partial charge on any atom is -0.492 e. The van der Waals surface area contributed by atoms with E-state index in [1.165, 1.54) is 22.3 Å². The van der Waals surface area contributed by atoms with Gasteiger partial charge in [-0.2, -0.15) is 0 Å². The largest absolute Gasteiger partial charge is 0.492 e. The van der Waals surface area contributed by atoms with Gasteiger partial charge < -0.3 is 16.2 Å². The number of hydrogen-bond donors (Lipinski definition) is 2. The second-order valence-electron chi connectivity index (χ2n) is 6.08. The molecule has 4 rings (SSSR count). The summed E-state index contributed by atoms with van der Waals surface area (Å²) in [7, 11) is 0. The Kier molecular flexibility index (Phi) is 4.00. The third-order valence-electron chi connectivity index (χ3n) is 4.44. The predicted molar refractivity (Wildman–Crippen MR) is 104 cm³/mol. The number of ether oxygens (including phenoxy) is 1. The highest BCUT2D eigenvalue weighted by Gasteiger charge is 2.23. The van der Waals surface area contributed by atoms with Gasteiger partial charge in [0.2, 0.25) is 0 Å². The quantitative estimate of drug-likeness (QED) is 0.553. The summed E-state index contributed by atoms with van der Waals surface area (Å²) in [5.74, 6) is 0.843. The first kappa shape index (κ1) is 15.5. The van der Waals surface area contributed by atoms with Crippen molar-refractivity contribution in [2.45, 2.75) is 0 Å². The van der Waals surface area contributed by atoms with Crippen molar-refractivity contribution < 1.29 is 4.74 Å². The van der Waals surface area contributed by atoms with Crippen LogP contribution in [0.2, 0.25) is 0 Å². The SMILES string of the molecule is NCCOc1ccccc1C=C1c2ccccc2-c2ccc(N)cc21. The molecule has 25 heavy (non-hydrogen) atoms. The highest BCUT2D eigenvalue weighted by molar-refractivity contribution is 6.07. The van der Waals surface area contributed by atoms with Gasteiger partial charge in [0.05, 0.1) is 0 Å². The topological polar surface area (TPSA) is 61.3 Å². The minimum absolute atomic E-state index is 0.493. The summed E-state index contributed by atoms with van der Waals surface area (Å²) < 4.78 is 5.80. The average Bonchev–Trinajstić information content (AvgIpc) is 2.94. The Morgan fingerprint density at radius 3 is 2.36 bits per heavy atom. The molecule has 0 amide bonds. The van der Waals surface area contributed by atoms with Crippen LogP contribution < -0.4 is 16.2 Å². The van der Waals surface area contributed by atoms with Crippen LogP contribution in [0.25, 0.3) is 22.8 Å². The van der Waals surface area contributed by atoms with Crippen LogP contribution in [0.1, 0.15) is 16.7 Å². The summed E-state index contributed by atoms with van der Waals surface area (Å²) in [5, 5.41) is 0. The second kappa shape index (κ2) is 6.46. The molecule has 0 unspecified atom stereocenters. The van der Waals surface area contributed by atoms with Crippen molar-refractivity contribution in [3.8, 4) is 16.9 Å². The molecule has 3 aromatic carbocycles. The minimum atomic E-state index is 0.493. The molecule has 3 aromatic rings. The maximum absolute atomic E-state index is 6.05. The van der Waals surface area contributed by atoms with E-state index >= 15 is 0 Å². The van der Waals surface area contributed by atoms with Crippen LogP contribution in [-0.4, -0.2) is 13.2 Å². The second-order valence-corrected chi connectivity index (χ2v) is 6.08. The van der Waals surface area contributed by atoms with Gasteiger partial charge >= 0.3 is 0 Å². The molecular formula is C22H20N2O. The van der Waals surface area contributed by atoms with Crippen molar-refractivity contribution in [3.05, 3.63) is 83.4 Å². The van der Waals surface area contributed by atoms with Crippen LogP contribution in [0.4, 0.5) is 5.69 Å². The van der Waals surface area contributed by atoms with E-state index in [1.54, 1.807) is 0 Å². The molecule has 0 fully saturated rings. The number of para-hydroxylation sites is 1. The molecule has 0 saturated heterocycles. The normalized spacial score (nSPS) is 13.6. The molecule has 0 spiro atoms. The Morgan fingerprint density at radius 1 is 0.800 bits per heavy atom. The van der Waals surface area contributed by atoms with Gasteiger partial charge in [0.15, 0.2) is 0 Å². The van der Waals surface area contributed by atoms with Crippen molar-refractivity contribution in [2.24, 2.45) is 5.73 Å². The highest BCUT2D eigenvalue weighted by atomic mass is 16.5. The van der Waals surface area contributed by atoms with Crippen LogP contribution in [0.15, 0.2) is 66.7 Å². The molecule has 0 aromatic heterocycles. The fourth-order valence-corrected chi connectivity index (χ4v) is 3.33. The van der Waals surface area contributed by atoms with E-state index in [0.29, 0.717) is 13.2 Å². The smallest absolute Gasteiger partial charge is 0.126 e. The fourth-order valence-electron chi connectivity index (χ4n) is 3.33. The number of fused-ring (bicyclic) bond motifs is 3. The van der Waals surface area contributed by atoms with Crippen molar-refractivity contribution in [1.29, 1.82) is 0 Å². The monoisotopic (exact) mass is 328 g/mol. The number of hydrogen-bond acceptors (Lipinski definition) is 3. The number of benzene rings is 3. The molecule has 3 nitrogen and oxygen atoms in total. The molecule has 0 saturated carbocycles. The lowest BCUT2D eigenvalue weighted by Gasteiger charge is -2.10. The Bertz CT molecular complexity index is 960. The van der Waals surface area contributed by atoms with Crippen LogP contribution >= 0.6 is 0 Å². The van der Waals surface area contributed by atoms with Crippen molar-refractivity contribution in [2.75, 3.05) is 18.9 Å². The summed E-state index contributed by atoms with van der Waals surface area (Å²) >= 11 is 0. The summed E-state index contributed by atoms with van der Waals surface area (Å²) in [4.78, 5) is 0. The Morgan fingerprint density at radius 2 is 1.52 bits per heavy atom. The number of rotatable bonds is 4. The third kappa shape index (κ3) is 2.79. The lowest BCUT2D eigenvalue weighted by Crippen LogP contribution is -2.11. The predicted octanol–water partition coefficient (Wildman–Crippen LogP) is 4.18. The van der Waals surface area contributed by atoms with Gasteiger partial charge in [0, 0.05) is 17.8 Å². The van der Waals surface area contributed by atoms with Crippen LogP contribution in [0, 0.1) is 0 Å². The summed E-state index contributed by atoms with van der Waals surface area (Å²) in [6.07, 6.45) is 2.18. The van der Waals surface area contributed by atoms with Gasteiger partial charge in [-0.05, 0) is 52.1 Å². The highest BCUT2D eigenvalue weighted by Crippen LogP contribution is 2.46.